The third-order valence-corrected chi connectivity index (χ3v) is 4.70. The second-order valence-corrected chi connectivity index (χ2v) is 7.03. The number of carbonyl (C=O) groups is 1. The van der Waals surface area contributed by atoms with Gasteiger partial charge in [-0.05, 0) is 53.6 Å². The number of benzene rings is 2. The van der Waals surface area contributed by atoms with Gasteiger partial charge in [0.1, 0.15) is 11.6 Å². The van der Waals surface area contributed by atoms with Crippen LogP contribution in [-0.4, -0.2) is 17.8 Å². The molecule has 0 heterocycles. The molecule has 2 N–H and O–H groups in total. The van der Waals surface area contributed by atoms with E-state index in [-0.39, 0.29) is 17.3 Å². The molecule has 2 aromatic rings. The summed E-state index contributed by atoms with van der Waals surface area (Å²) in [6.45, 7) is 6.48. The zero-order valence-corrected chi connectivity index (χ0v) is 14.6. The van der Waals surface area contributed by atoms with Crippen LogP contribution in [0.25, 0.3) is 11.1 Å². The zero-order valence-electron chi connectivity index (χ0n) is 14.6. The van der Waals surface area contributed by atoms with E-state index < -0.39 is 6.09 Å². The highest BCUT2D eigenvalue weighted by molar-refractivity contribution is 5.72. The lowest BCUT2D eigenvalue weighted by Crippen LogP contribution is -2.34. The van der Waals surface area contributed by atoms with E-state index in [1.54, 1.807) is 6.07 Å². The molecule has 0 fully saturated rings. The molecule has 3 rings (SSSR count). The lowest BCUT2D eigenvalue weighted by Gasteiger charge is -2.27. The summed E-state index contributed by atoms with van der Waals surface area (Å²) in [6.07, 6.45) is -0.279. The molecule has 25 heavy (non-hydrogen) atoms. The molecule has 2 aromatic carbocycles. The maximum atomic E-state index is 13.7. The number of ether oxygens (including phenoxy) is 1. The number of hydrogen-bond donors (Lipinski definition) is 2. The summed E-state index contributed by atoms with van der Waals surface area (Å²) in [6, 6.07) is 10.1. The summed E-state index contributed by atoms with van der Waals surface area (Å²) >= 11 is 0. The Bertz CT molecular complexity index is 817. The van der Waals surface area contributed by atoms with Gasteiger partial charge in [-0.3, -0.25) is 0 Å². The summed E-state index contributed by atoms with van der Waals surface area (Å²) in [5, 5.41) is 11.7. The van der Waals surface area contributed by atoms with Crippen LogP contribution >= 0.6 is 0 Å². The van der Waals surface area contributed by atoms with Crippen molar-refractivity contribution in [2.24, 2.45) is 5.41 Å². The van der Waals surface area contributed by atoms with Crippen LogP contribution in [0, 0.1) is 11.2 Å². The average molecular weight is 343 g/mol. The Morgan fingerprint density at radius 2 is 2.08 bits per heavy atom. The van der Waals surface area contributed by atoms with Gasteiger partial charge in [-0.25, -0.2) is 9.18 Å². The number of carboxylic acid groups (broad SMARTS) is 1. The summed E-state index contributed by atoms with van der Waals surface area (Å²) in [7, 11) is 0. The van der Waals surface area contributed by atoms with Crippen molar-refractivity contribution in [2.75, 3.05) is 6.61 Å². The van der Waals surface area contributed by atoms with Crippen LogP contribution in [0.2, 0.25) is 0 Å². The number of rotatable bonds is 4. The van der Waals surface area contributed by atoms with Crippen molar-refractivity contribution in [3.63, 3.8) is 0 Å². The predicted molar refractivity (Wildman–Crippen MR) is 94.4 cm³/mol. The second kappa shape index (κ2) is 6.39. The van der Waals surface area contributed by atoms with Crippen molar-refractivity contribution in [1.82, 2.24) is 5.32 Å². The Balaban J connectivity index is 2.04. The van der Waals surface area contributed by atoms with Crippen molar-refractivity contribution in [1.29, 1.82) is 0 Å². The van der Waals surface area contributed by atoms with Crippen LogP contribution in [-0.2, 0) is 6.42 Å². The average Bonchev–Trinajstić information content (AvgIpc) is 2.78. The van der Waals surface area contributed by atoms with Gasteiger partial charge in [0.05, 0.1) is 12.6 Å². The minimum atomic E-state index is -1.03. The first-order valence-corrected chi connectivity index (χ1v) is 8.37. The molecular weight excluding hydrogens is 321 g/mol. The van der Waals surface area contributed by atoms with E-state index in [9.17, 15) is 9.18 Å². The number of amides is 1. The third kappa shape index (κ3) is 3.31. The molecule has 1 amide bonds. The van der Waals surface area contributed by atoms with Crippen LogP contribution in [0.1, 0.15) is 37.9 Å². The van der Waals surface area contributed by atoms with Crippen molar-refractivity contribution >= 4 is 6.09 Å². The fraction of sp³-hybridized carbons (Fsp3) is 0.350. The van der Waals surface area contributed by atoms with Gasteiger partial charge in [0, 0.05) is 5.56 Å². The van der Waals surface area contributed by atoms with Gasteiger partial charge in [0.2, 0.25) is 0 Å². The Labute approximate surface area is 146 Å². The highest BCUT2D eigenvalue weighted by atomic mass is 19.1. The molecule has 1 aliphatic carbocycles. The molecule has 0 spiro atoms. The molecule has 5 heteroatoms. The third-order valence-electron chi connectivity index (χ3n) is 4.70. The van der Waals surface area contributed by atoms with E-state index in [1.165, 1.54) is 12.1 Å². The molecule has 132 valence electrons. The van der Waals surface area contributed by atoms with Crippen molar-refractivity contribution in [2.45, 2.75) is 33.2 Å². The Kier molecular flexibility index (Phi) is 4.41. The Morgan fingerprint density at radius 3 is 2.76 bits per heavy atom. The summed E-state index contributed by atoms with van der Waals surface area (Å²) < 4.78 is 19.4. The molecule has 4 nitrogen and oxygen atoms in total. The number of fused-ring (bicyclic) bond motifs is 1. The van der Waals surface area contributed by atoms with E-state index in [0.29, 0.717) is 17.9 Å². The van der Waals surface area contributed by atoms with Crippen molar-refractivity contribution < 1.29 is 19.0 Å². The molecule has 0 radical (unpaired) electrons. The molecule has 0 saturated carbocycles. The summed E-state index contributed by atoms with van der Waals surface area (Å²) in [4.78, 5) is 11.1. The fourth-order valence-corrected chi connectivity index (χ4v) is 3.63. The molecule has 0 bridgehead atoms. The number of nitrogens with one attached hydrogen (secondary N) is 1. The number of halogens is 1. The van der Waals surface area contributed by atoms with Gasteiger partial charge < -0.3 is 15.2 Å². The lowest BCUT2D eigenvalue weighted by molar-refractivity contribution is 0.175. The molecule has 0 saturated heterocycles. The highest BCUT2D eigenvalue weighted by Gasteiger charge is 2.40. The monoisotopic (exact) mass is 343 g/mol. The molecule has 0 aromatic heterocycles. The fourth-order valence-electron chi connectivity index (χ4n) is 3.63. The van der Waals surface area contributed by atoms with Gasteiger partial charge in [-0.2, -0.15) is 0 Å². The standard InChI is InChI=1S/C20H22FNO3/c1-4-25-17-8-6-14(21)10-16(17)12-5-7-15-13(9-12)11-20(2,3)18(15)22-19(23)24/h5-10,18,22H,4,11H2,1-3H3,(H,23,24). The molecule has 1 unspecified atom stereocenters. The number of hydrogen-bond acceptors (Lipinski definition) is 2. The maximum Gasteiger partial charge on any atom is 0.405 e. The SMILES string of the molecule is CCOc1ccc(F)cc1-c1ccc2c(c1)CC(C)(C)C2NC(=O)O. The van der Waals surface area contributed by atoms with Gasteiger partial charge in [0.25, 0.3) is 0 Å². The normalized spacial score (nSPS) is 17.8. The lowest BCUT2D eigenvalue weighted by atomic mass is 9.85. The summed E-state index contributed by atoms with van der Waals surface area (Å²) in [5.41, 5.74) is 3.41. The minimum Gasteiger partial charge on any atom is -0.493 e. The smallest absolute Gasteiger partial charge is 0.405 e. The van der Waals surface area contributed by atoms with E-state index >= 15 is 0 Å². The minimum absolute atomic E-state index is 0.218. The predicted octanol–water partition coefficient (Wildman–Crippen LogP) is 4.78. The topological polar surface area (TPSA) is 58.6 Å². The van der Waals surface area contributed by atoms with Gasteiger partial charge in [0.15, 0.2) is 0 Å². The van der Waals surface area contributed by atoms with Crippen LogP contribution in [0.3, 0.4) is 0 Å². The van der Waals surface area contributed by atoms with Crippen LogP contribution in [0.5, 0.6) is 5.75 Å². The molecule has 1 atom stereocenters. The van der Waals surface area contributed by atoms with Gasteiger partial charge >= 0.3 is 6.09 Å². The van der Waals surface area contributed by atoms with Crippen LogP contribution < -0.4 is 10.1 Å². The van der Waals surface area contributed by atoms with Crippen molar-refractivity contribution in [3.8, 4) is 16.9 Å². The second-order valence-electron chi connectivity index (χ2n) is 7.03. The molecular formula is C20H22FNO3. The molecule has 0 aliphatic heterocycles. The van der Waals surface area contributed by atoms with Crippen LogP contribution in [0.4, 0.5) is 9.18 Å². The first kappa shape index (κ1) is 17.3. The van der Waals surface area contributed by atoms with E-state index in [4.69, 9.17) is 9.84 Å². The zero-order chi connectivity index (χ0) is 18.2. The van der Waals surface area contributed by atoms with Gasteiger partial charge in [-0.15, -0.1) is 0 Å². The first-order valence-electron chi connectivity index (χ1n) is 8.37. The quantitative estimate of drug-likeness (QED) is 0.840. The van der Waals surface area contributed by atoms with Gasteiger partial charge in [-0.1, -0.05) is 32.0 Å². The first-order chi connectivity index (χ1) is 11.8. The Morgan fingerprint density at radius 1 is 1.32 bits per heavy atom. The van der Waals surface area contributed by atoms with Crippen molar-refractivity contribution in [3.05, 3.63) is 53.3 Å². The van der Waals surface area contributed by atoms with E-state index in [1.807, 2.05) is 39.0 Å². The molecule has 1 aliphatic rings. The highest BCUT2D eigenvalue weighted by Crippen LogP contribution is 2.46. The summed E-state index contributed by atoms with van der Waals surface area (Å²) in [5.74, 6) is 0.325. The van der Waals surface area contributed by atoms with Crippen LogP contribution in [0.15, 0.2) is 36.4 Å². The largest absolute Gasteiger partial charge is 0.493 e. The van der Waals surface area contributed by atoms with E-state index in [0.717, 1.165) is 23.1 Å². The Hall–Kier alpha value is -2.56. The maximum absolute atomic E-state index is 13.7. The van der Waals surface area contributed by atoms with E-state index in [2.05, 4.69) is 5.32 Å².